The molecule has 0 aliphatic rings. The lowest BCUT2D eigenvalue weighted by Gasteiger charge is -2.10. The molecule has 2 rings (SSSR count). The van der Waals surface area contributed by atoms with Gasteiger partial charge in [-0.1, -0.05) is 15.9 Å². The fourth-order valence-electron chi connectivity index (χ4n) is 1.64. The third-order valence-electron chi connectivity index (χ3n) is 2.75. The van der Waals surface area contributed by atoms with E-state index in [4.69, 9.17) is 4.74 Å². The highest BCUT2D eigenvalue weighted by Crippen LogP contribution is 2.23. The summed E-state index contributed by atoms with van der Waals surface area (Å²) in [6.07, 6.45) is 1.58. The van der Waals surface area contributed by atoms with Gasteiger partial charge >= 0.3 is 0 Å². The van der Waals surface area contributed by atoms with Crippen molar-refractivity contribution in [2.45, 2.75) is 13.5 Å². The maximum absolute atomic E-state index is 12.1. The molecule has 100 valence electrons. The monoisotopic (exact) mass is 434 g/mol. The molecule has 0 atom stereocenters. The Bertz CT molecular complexity index is 670. The Morgan fingerprint density at radius 2 is 2.21 bits per heavy atom. The topological polar surface area (TPSA) is 44.1 Å². The third-order valence-corrected chi connectivity index (χ3v) is 4.77. The molecule has 1 heterocycles. The first-order valence-electron chi connectivity index (χ1n) is 5.57. The smallest absolute Gasteiger partial charge is 0.267 e. The zero-order valence-electron chi connectivity index (χ0n) is 10.5. The predicted octanol–water partition coefficient (Wildman–Crippen LogP) is 2.98. The SMILES string of the molecule is COc1ccc(Br)c(Cn2cnc(C)c(I)c2=O)c1. The zero-order valence-corrected chi connectivity index (χ0v) is 14.2. The van der Waals surface area contributed by atoms with E-state index in [1.165, 1.54) is 0 Å². The van der Waals surface area contributed by atoms with Gasteiger partial charge in [0.25, 0.3) is 5.56 Å². The van der Waals surface area contributed by atoms with Crippen molar-refractivity contribution < 1.29 is 4.74 Å². The van der Waals surface area contributed by atoms with Crippen molar-refractivity contribution in [2.24, 2.45) is 0 Å². The molecule has 6 heteroatoms. The maximum atomic E-state index is 12.1. The van der Waals surface area contributed by atoms with Crippen LogP contribution in [0.5, 0.6) is 5.75 Å². The Labute approximate surface area is 133 Å². The highest BCUT2D eigenvalue weighted by atomic mass is 127. The minimum Gasteiger partial charge on any atom is -0.497 e. The Morgan fingerprint density at radius 3 is 2.89 bits per heavy atom. The van der Waals surface area contributed by atoms with Crippen LogP contribution in [0.3, 0.4) is 0 Å². The molecule has 1 aromatic carbocycles. The standard InChI is InChI=1S/C13H12BrIN2O2/c1-8-12(15)13(18)17(7-16-8)6-9-5-10(19-2)3-4-11(9)14/h3-5,7H,6H2,1-2H3. The summed E-state index contributed by atoms with van der Waals surface area (Å²) in [5, 5.41) is 0. The third kappa shape index (κ3) is 3.17. The molecule has 2 aromatic rings. The van der Waals surface area contributed by atoms with Crippen LogP contribution in [-0.2, 0) is 6.54 Å². The van der Waals surface area contributed by atoms with E-state index in [9.17, 15) is 4.79 Å². The molecular formula is C13H12BrIN2O2. The molecule has 4 nitrogen and oxygen atoms in total. The highest BCUT2D eigenvalue weighted by molar-refractivity contribution is 14.1. The van der Waals surface area contributed by atoms with Crippen molar-refractivity contribution in [1.29, 1.82) is 0 Å². The molecule has 0 spiro atoms. The first-order valence-corrected chi connectivity index (χ1v) is 7.44. The first kappa shape index (κ1) is 14.5. The van der Waals surface area contributed by atoms with Gasteiger partial charge in [-0.25, -0.2) is 4.98 Å². The second-order valence-corrected chi connectivity index (χ2v) is 5.97. The van der Waals surface area contributed by atoms with Gasteiger partial charge in [0.05, 0.1) is 29.2 Å². The Balaban J connectivity index is 2.42. The lowest BCUT2D eigenvalue weighted by molar-refractivity contribution is 0.414. The summed E-state index contributed by atoms with van der Waals surface area (Å²) in [7, 11) is 1.62. The maximum Gasteiger partial charge on any atom is 0.267 e. The number of ether oxygens (including phenoxy) is 1. The second-order valence-electron chi connectivity index (χ2n) is 4.03. The molecule has 0 aliphatic carbocycles. The molecule has 0 radical (unpaired) electrons. The number of benzene rings is 1. The Morgan fingerprint density at radius 1 is 1.47 bits per heavy atom. The van der Waals surface area contributed by atoms with E-state index in [-0.39, 0.29) is 5.56 Å². The average molecular weight is 435 g/mol. The van der Waals surface area contributed by atoms with Crippen molar-refractivity contribution in [3.05, 3.63) is 54.2 Å². The van der Waals surface area contributed by atoms with Crippen molar-refractivity contribution in [3.63, 3.8) is 0 Å². The number of rotatable bonds is 3. The van der Waals surface area contributed by atoms with E-state index in [0.29, 0.717) is 10.1 Å². The van der Waals surface area contributed by atoms with Crippen molar-refractivity contribution >= 4 is 38.5 Å². The van der Waals surface area contributed by atoms with Crippen LogP contribution in [0.25, 0.3) is 0 Å². The van der Waals surface area contributed by atoms with E-state index >= 15 is 0 Å². The van der Waals surface area contributed by atoms with Crippen LogP contribution in [0, 0.1) is 10.5 Å². The van der Waals surface area contributed by atoms with Gasteiger partial charge in [-0.05, 0) is 53.3 Å². The molecule has 1 aromatic heterocycles. The summed E-state index contributed by atoms with van der Waals surface area (Å²) in [5.74, 6) is 0.765. The molecule has 0 bridgehead atoms. The number of halogens is 2. The average Bonchev–Trinajstić information content (AvgIpc) is 2.41. The molecule has 0 amide bonds. The van der Waals surface area contributed by atoms with Crippen LogP contribution in [0.4, 0.5) is 0 Å². The molecule has 0 unspecified atom stereocenters. The number of hydrogen-bond donors (Lipinski definition) is 0. The van der Waals surface area contributed by atoms with Gasteiger partial charge in [0.15, 0.2) is 0 Å². The number of hydrogen-bond acceptors (Lipinski definition) is 3. The van der Waals surface area contributed by atoms with Gasteiger partial charge in [-0.2, -0.15) is 0 Å². The summed E-state index contributed by atoms with van der Waals surface area (Å²) >= 11 is 5.51. The predicted molar refractivity (Wildman–Crippen MR) is 85.7 cm³/mol. The molecule has 0 N–H and O–H groups in total. The number of aryl methyl sites for hydroxylation is 1. The molecule has 0 saturated heterocycles. The van der Waals surface area contributed by atoms with E-state index in [1.54, 1.807) is 18.0 Å². The lowest BCUT2D eigenvalue weighted by atomic mass is 10.2. The van der Waals surface area contributed by atoms with Crippen LogP contribution in [0.1, 0.15) is 11.3 Å². The molecule has 0 fully saturated rings. The fourth-order valence-corrected chi connectivity index (χ4v) is 2.46. The largest absolute Gasteiger partial charge is 0.497 e. The fraction of sp³-hybridized carbons (Fsp3) is 0.231. The summed E-state index contributed by atoms with van der Waals surface area (Å²) < 4.78 is 8.38. The first-order chi connectivity index (χ1) is 9.02. The van der Waals surface area contributed by atoms with E-state index in [1.807, 2.05) is 47.7 Å². The number of aromatic nitrogens is 2. The van der Waals surface area contributed by atoms with Gasteiger partial charge in [-0.15, -0.1) is 0 Å². The van der Waals surface area contributed by atoms with Crippen LogP contribution < -0.4 is 10.3 Å². The summed E-state index contributed by atoms with van der Waals surface area (Å²) in [6.45, 7) is 2.29. The summed E-state index contributed by atoms with van der Waals surface area (Å²) in [5.41, 5.74) is 1.71. The summed E-state index contributed by atoms with van der Waals surface area (Å²) in [6, 6.07) is 5.68. The number of nitrogens with zero attached hydrogens (tertiary/aromatic N) is 2. The van der Waals surface area contributed by atoms with E-state index < -0.39 is 0 Å². The van der Waals surface area contributed by atoms with Gasteiger partial charge < -0.3 is 4.74 Å². The Hall–Kier alpha value is -0.890. The van der Waals surface area contributed by atoms with Crippen molar-refractivity contribution in [3.8, 4) is 5.75 Å². The van der Waals surface area contributed by atoms with E-state index in [0.717, 1.165) is 21.5 Å². The summed E-state index contributed by atoms with van der Waals surface area (Å²) in [4.78, 5) is 16.3. The number of methoxy groups -OCH3 is 1. The van der Waals surface area contributed by atoms with Gasteiger partial charge in [-0.3, -0.25) is 9.36 Å². The van der Waals surface area contributed by atoms with Crippen LogP contribution in [0.2, 0.25) is 0 Å². The second kappa shape index (κ2) is 6.04. The minimum atomic E-state index is -0.0252. The van der Waals surface area contributed by atoms with Crippen LogP contribution in [-0.4, -0.2) is 16.7 Å². The quantitative estimate of drug-likeness (QED) is 0.697. The lowest BCUT2D eigenvalue weighted by Crippen LogP contribution is -2.24. The normalized spacial score (nSPS) is 10.5. The Kier molecular flexibility index (Phi) is 4.62. The van der Waals surface area contributed by atoms with Gasteiger partial charge in [0.2, 0.25) is 0 Å². The molecular weight excluding hydrogens is 423 g/mol. The van der Waals surface area contributed by atoms with Crippen molar-refractivity contribution in [2.75, 3.05) is 7.11 Å². The molecule has 19 heavy (non-hydrogen) atoms. The minimum absolute atomic E-state index is 0.0252. The van der Waals surface area contributed by atoms with Crippen molar-refractivity contribution in [1.82, 2.24) is 9.55 Å². The van der Waals surface area contributed by atoms with Crippen LogP contribution >= 0.6 is 38.5 Å². The van der Waals surface area contributed by atoms with Gasteiger partial charge in [0, 0.05) is 4.47 Å². The zero-order chi connectivity index (χ0) is 14.0. The molecule has 0 aliphatic heterocycles. The molecule has 0 saturated carbocycles. The highest BCUT2D eigenvalue weighted by Gasteiger charge is 2.08. The van der Waals surface area contributed by atoms with Gasteiger partial charge in [0.1, 0.15) is 5.75 Å². The van der Waals surface area contributed by atoms with Crippen LogP contribution in [0.15, 0.2) is 33.8 Å². The van der Waals surface area contributed by atoms with E-state index in [2.05, 4.69) is 20.9 Å².